The molecule has 0 heterocycles. The van der Waals surface area contributed by atoms with Crippen LogP contribution in [0.15, 0.2) is 96.1 Å². The second-order valence-corrected chi connectivity index (χ2v) is 8.64. The standard InChI is InChI=1S/C31H39N3O6/c32-34-33-16-17-35-18-19-36-20-21-37-22-23-38-24-25-39-26-27-40-31(28-10-4-1-5-11-28,29-12-6-2-7-13-29)30-14-8-3-9-15-30/h1-15H,16-27H2. The van der Waals surface area contributed by atoms with E-state index in [1.54, 1.807) is 0 Å². The van der Waals surface area contributed by atoms with E-state index in [0.29, 0.717) is 79.2 Å². The van der Waals surface area contributed by atoms with Crippen LogP contribution in [0.2, 0.25) is 0 Å². The molecule has 0 aliphatic heterocycles. The molecule has 0 N–H and O–H groups in total. The summed E-state index contributed by atoms with van der Waals surface area (Å²) in [6.45, 7) is 5.42. The van der Waals surface area contributed by atoms with Crippen molar-refractivity contribution in [1.29, 1.82) is 0 Å². The maximum absolute atomic E-state index is 8.17. The van der Waals surface area contributed by atoms with Crippen molar-refractivity contribution in [3.63, 3.8) is 0 Å². The van der Waals surface area contributed by atoms with Gasteiger partial charge in [0.25, 0.3) is 0 Å². The Bertz CT molecular complexity index is 985. The van der Waals surface area contributed by atoms with Crippen LogP contribution in [0.3, 0.4) is 0 Å². The molecule has 0 unspecified atom stereocenters. The van der Waals surface area contributed by atoms with Gasteiger partial charge in [-0.1, -0.05) is 96.1 Å². The highest BCUT2D eigenvalue weighted by Crippen LogP contribution is 2.40. The van der Waals surface area contributed by atoms with E-state index in [9.17, 15) is 0 Å². The Balaban J connectivity index is 1.32. The predicted octanol–water partition coefficient (Wildman–Crippen LogP) is 5.39. The molecule has 3 aromatic rings. The molecule has 9 heteroatoms. The molecule has 0 aliphatic rings. The summed E-state index contributed by atoms with van der Waals surface area (Å²) in [7, 11) is 0. The fourth-order valence-corrected chi connectivity index (χ4v) is 4.15. The summed E-state index contributed by atoms with van der Waals surface area (Å²) in [5.74, 6) is 0. The first-order valence-electron chi connectivity index (χ1n) is 13.6. The van der Waals surface area contributed by atoms with Gasteiger partial charge in [0, 0.05) is 11.5 Å². The molecule has 0 aromatic heterocycles. The molecular weight excluding hydrogens is 510 g/mol. The SMILES string of the molecule is [N-]=[N+]=NCCOCCOCCOCCOCCOCCOC(c1ccccc1)(c1ccccc1)c1ccccc1. The number of nitrogens with zero attached hydrogens (tertiary/aromatic N) is 3. The van der Waals surface area contributed by atoms with Crippen LogP contribution in [0.25, 0.3) is 10.4 Å². The quantitative estimate of drug-likeness (QED) is 0.0547. The Morgan fingerprint density at radius 3 is 1.15 bits per heavy atom. The summed E-state index contributed by atoms with van der Waals surface area (Å²) in [5, 5.41) is 3.39. The van der Waals surface area contributed by atoms with E-state index in [2.05, 4.69) is 46.4 Å². The van der Waals surface area contributed by atoms with Crippen molar-refractivity contribution in [3.05, 3.63) is 118 Å². The number of benzene rings is 3. The van der Waals surface area contributed by atoms with Crippen LogP contribution in [-0.2, 0) is 34.0 Å². The molecule has 214 valence electrons. The third-order valence-corrected chi connectivity index (χ3v) is 5.97. The molecule has 0 aliphatic carbocycles. The van der Waals surface area contributed by atoms with Crippen molar-refractivity contribution in [2.45, 2.75) is 5.60 Å². The lowest BCUT2D eigenvalue weighted by atomic mass is 9.80. The van der Waals surface area contributed by atoms with Gasteiger partial charge in [-0.2, -0.15) is 0 Å². The van der Waals surface area contributed by atoms with Gasteiger partial charge in [0.15, 0.2) is 0 Å². The maximum Gasteiger partial charge on any atom is 0.143 e. The minimum atomic E-state index is -0.745. The van der Waals surface area contributed by atoms with E-state index in [1.165, 1.54) is 0 Å². The normalized spacial score (nSPS) is 11.3. The van der Waals surface area contributed by atoms with Crippen molar-refractivity contribution in [2.24, 2.45) is 5.11 Å². The van der Waals surface area contributed by atoms with E-state index in [-0.39, 0.29) is 0 Å². The lowest BCUT2D eigenvalue weighted by Crippen LogP contribution is -2.34. The van der Waals surface area contributed by atoms with Gasteiger partial charge < -0.3 is 28.4 Å². The summed E-state index contributed by atoms with van der Waals surface area (Å²) < 4.78 is 34.2. The summed E-state index contributed by atoms with van der Waals surface area (Å²) in [6, 6.07) is 30.9. The first kappa shape index (κ1) is 31.3. The molecule has 9 nitrogen and oxygen atoms in total. The van der Waals surface area contributed by atoms with Gasteiger partial charge >= 0.3 is 0 Å². The molecule has 0 saturated heterocycles. The van der Waals surface area contributed by atoms with E-state index in [0.717, 1.165) is 16.7 Å². The Morgan fingerprint density at radius 1 is 0.475 bits per heavy atom. The fraction of sp³-hybridized carbons (Fsp3) is 0.419. The second-order valence-electron chi connectivity index (χ2n) is 8.64. The number of hydrogen-bond acceptors (Lipinski definition) is 7. The van der Waals surface area contributed by atoms with Gasteiger partial charge in [0.05, 0.1) is 72.7 Å². The zero-order valence-corrected chi connectivity index (χ0v) is 22.9. The monoisotopic (exact) mass is 549 g/mol. The van der Waals surface area contributed by atoms with Gasteiger partial charge in [0.2, 0.25) is 0 Å². The first-order valence-corrected chi connectivity index (χ1v) is 13.6. The zero-order valence-electron chi connectivity index (χ0n) is 22.9. The maximum atomic E-state index is 8.17. The molecule has 3 rings (SSSR count). The first-order chi connectivity index (χ1) is 19.9. The van der Waals surface area contributed by atoms with Crippen molar-refractivity contribution >= 4 is 0 Å². The number of hydrogen-bond donors (Lipinski definition) is 0. The summed E-state index contributed by atoms with van der Waals surface area (Å²) in [4.78, 5) is 2.66. The van der Waals surface area contributed by atoms with Crippen molar-refractivity contribution in [1.82, 2.24) is 0 Å². The molecule has 0 saturated carbocycles. The minimum absolute atomic E-state index is 0.329. The number of ether oxygens (including phenoxy) is 6. The molecule has 0 atom stereocenters. The second kappa shape index (κ2) is 19.7. The smallest absolute Gasteiger partial charge is 0.143 e. The van der Waals surface area contributed by atoms with Gasteiger partial charge in [-0.15, -0.1) is 0 Å². The third-order valence-electron chi connectivity index (χ3n) is 5.97. The molecule has 0 amide bonds. The average molecular weight is 550 g/mol. The molecule has 3 aromatic carbocycles. The molecule has 0 fully saturated rings. The van der Waals surface area contributed by atoms with E-state index < -0.39 is 5.60 Å². The number of rotatable bonds is 22. The zero-order chi connectivity index (χ0) is 28.0. The molecule has 0 spiro atoms. The van der Waals surface area contributed by atoms with Crippen LogP contribution in [0, 0.1) is 0 Å². The van der Waals surface area contributed by atoms with Crippen LogP contribution in [0.5, 0.6) is 0 Å². The Hall–Kier alpha value is -3.27. The molecular formula is C31H39N3O6. The van der Waals surface area contributed by atoms with Crippen molar-refractivity contribution in [3.8, 4) is 0 Å². The number of azide groups is 1. The highest BCUT2D eigenvalue weighted by Gasteiger charge is 2.37. The highest BCUT2D eigenvalue weighted by molar-refractivity contribution is 5.47. The highest BCUT2D eigenvalue weighted by atomic mass is 16.6. The van der Waals surface area contributed by atoms with Crippen LogP contribution < -0.4 is 0 Å². The largest absolute Gasteiger partial charge is 0.379 e. The van der Waals surface area contributed by atoms with E-state index in [4.69, 9.17) is 34.0 Å². The Morgan fingerprint density at radius 2 is 0.800 bits per heavy atom. The molecule has 40 heavy (non-hydrogen) atoms. The van der Waals surface area contributed by atoms with Crippen molar-refractivity contribution in [2.75, 3.05) is 79.2 Å². The van der Waals surface area contributed by atoms with Crippen LogP contribution >= 0.6 is 0 Å². The van der Waals surface area contributed by atoms with Crippen LogP contribution in [0.1, 0.15) is 16.7 Å². The van der Waals surface area contributed by atoms with Crippen LogP contribution in [-0.4, -0.2) is 79.2 Å². The Kier molecular flexibility index (Phi) is 15.4. The van der Waals surface area contributed by atoms with E-state index >= 15 is 0 Å². The van der Waals surface area contributed by atoms with Gasteiger partial charge in [-0.05, 0) is 22.2 Å². The summed E-state index contributed by atoms with van der Waals surface area (Å²) in [6.07, 6.45) is 0. The lowest BCUT2D eigenvalue weighted by molar-refractivity contribution is -0.0391. The molecule has 0 bridgehead atoms. The minimum Gasteiger partial charge on any atom is -0.379 e. The van der Waals surface area contributed by atoms with E-state index in [1.807, 2.05) is 54.6 Å². The third kappa shape index (κ3) is 10.7. The van der Waals surface area contributed by atoms with Crippen molar-refractivity contribution < 1.29 is 28.4 Å². The average Bonchev–Trinajstić information content (AvgIpc) is 3.01. The summed E-state index contributed by atoms with van der Waals surface area (Å²) in [5.41, 5.74) is 10.6. The predicted molar refractivity (Wildman–Crippen MR) is 153 cm³/mol. The van der Waals surface area contributed by atoms with Gasteiger partial charge in [0.1, 0.15) is 5.60 Å². The Labute approximate surface area is 236 Å². The van der Waals surface area contributed by atoms with Gasteiger partial charge in [-0.3, -0.25) is 0 Å². The topological polar surface area (TPSA) is 104 Å². The summed E-state index contributed by atoms with van der Waals surface area (Å²) >= 11 is 0. The fourth-order valence-electron chi connectivity index (χ4n) is 4.15. The van der Waals surface area contributed by atoms with Gasteiger partial charge in [-0.25, -0.2) is 0 Å². The molecule has 0 radical (unpaired) electrons. The van der Waals surface area contributed by atoms with Crippen LogP contribution in [0.4, 0.5) is 0 Å². The lowest BCUT2D eigenvalue weighted by Gasteiger charge is -2.36.